The summed E-state index contributed by atoms with van der Waals surface area (Å²) in [6, 6.07) is 0. The van der Waals surface area contributed by atoms with Crippen LogP contribution in [-0.2, 0) is 14.3 Å². The summed E-state index contributed by atoms with van der Waals surface area (Å²) in [6.45, 7) is 5.96. The predicted octanol–water partition coefficient (Wildman–Crippen LogP) is 0.845. The van der Waals surface area contributed by atoms with Crippen molar-refractivity contribution in [2.75, 3.05) is 0 Å². The third-order valence-electron chi connectivity index (χ3n) is 1.61. The van der Waals surface area contributed by atoms with Crippen LogP contribution in [0.15, 0.2) is 24.0 Å². The molecule has 1 unspecified atom stereocenters. The number of hydrogen-bond acceptors (Lipinski definition) is 4. The van der Waals surface area contributed by atoms with Gasteiger partial charge in [-0.05, 0) is 13.8 Å². The topological polar surface area (TPSA) is 83.8 Å². The molecule has 0 aliphatic rings. The maximum absolute atomic E-state index is 10.9. The molecule has 0 aromatic heterocycles. The van der Waals surface area contributed by atoms with Crippen LogP contribution in [0.3, 0.4) is 0 Å². The van der Waals surface area contributed by atoms with Gasteiger partial charge in [-0.25, -0.2) is 9.59 Å². The van der Waals surface area contributed by atoms with Gasteiger partial charge in [0.2, 0.25) is 0 Å². The van der Waals surface area contributed by atoms with E-state index < -0.39 is 18.0 Å². The molecule has 0 aromatic carbocycles. The molecule has 0 aromatic rings. The van der Waals surface area contributed by atoms with Crippen LogP contribution >= 0.6 is 0 Å². The molecule has 0 heterocycles. The summed E-state index contributed by atoms with van der Waals surface area (Å²) in [7, 11) is 0. The van der Waals surface area contributed by atoms with Crippen LogP contribution in [0.4, 0.5) is 0 Å². The van der Waals surface area contributed by atoms with Crippen molar-refractivity contribution < 1.29 is 24.5 Å². The van der Waals surface area contributed by atoms with Crippen molar-refractivity contribution in [3.8, 4) is 0 Å². The highest BCUT2D eigenvalue weighted by Gasteiger charge is 2.15. The lowest BCUT2D eigenvalue weighted by Crippen LogP contribution is -2.12. The molecule has 2 N–H and O–H groups in total. The first-order valence-electron chi connectivity index (χ1n) is 4.33. The van der Waals surface area contributed by atoms with E-state index in [-0.39, 0.29) is 17.8 Å². The second kappa shape index (κ2) is 5.98. The normalized spacial score (nSPS) is 13.8. The largest absolute Gasteiger partial charge is 0.478 e. The van der Waals surface area contributed by atoms with Crippen LogP contribution in [0.25, 0.3) is 0 Å². The number of carboxylic acids is 1. The van der Waals surface area contributed by atoms with Gasteiger partial charge >= 0.3 is 11.9 Å². The van der Waals surface area contributed by atoms with E-state index in [9.17, 15) is 9.59 Å². The molecule has 15 heavy (non-hydrogen) atoms. The number of aliphatic carboxylic acids is 1. The third kappa shape index (κ3) is 4.97. The molecule has 0 radical (unpaired) electrons. The van der Waals surface area contributed by atoms with E-state index in [1.807, 2.05) is 0 Å². The number of aliphatic hydroxyl groups excluding tert-OH is 1. The van der Waals surface area contributed by atoms with Crippen LogP contribution in [0.2, 0.25) is 0 Å². The fraction of sp³-hybridized carbons (Fsp3) is 0.400. The van der Waals surface area contributed by atoms with Crippen LogP contribution in [0.5, 0.6) is 0 Å². The Labute approximate surface area is 87.7 Å². The SMILES string of the molecule is C=CC(=O)OC(CC(C)O)=C(C)C(=O)O. The summed E-state index contributed by atoms with van der Waals surface area (Å²) in [4.78, 5) is 21.5. The molecule has 0 rings (SSSR count). The molecule has 0 aliphatic heterocycles. The molecule has 0 saturated carbocycles. The van der Waals surface area contributed by atoms with Gasteiger partial charge in [0.25, 0.3) is 0 Å². The van der Waals surface area contributed by atoms with Gasteiger partial charge in [-0.15, -0.1) is 0 Å². The molecule has 0 spiro atoms. The highest BCUT2D eigenvalue weighted by atomic mass is 16.5. The number of aliphatic hydroxyl groups is 1. The highest BCUT2D eigenvalue weighted by Crippen LogP contribution is 2.13. The van der Waals surface area contributed by atoms with Gasteiger partial charge in [0.05, 0.1) is 11.7 Å². The first kappa shape index (κ1) is 13.4. The molecule has 0 amide bonds. The van der Waals surface area contributed by atoms with Gasteiger partial charge in [-0.3, -0.25) is 0 Å². The molecule has 0 bridgehead atoms. The summed E-state index contributed by atoms with van der Waals surface area (Å²) < 4.78 is 4.72. The van der Waals surface area contributed by atoms with Gasteiger partial charge in [-0.2, -0.15) is 0 Å². The fourth-order valence-corrected chi connectivity index (χ4v) is 0.822. The first-order valence-corrected chi connectivity index (χ1v) is 4.33. The van der Waals surface area contributed by atoms with E-state index in [0.717, 1.165) is 6.08 Å². The zero-order valence-electron chi connectivity index (χ0n) is 8.69. The summed E-state index contributed by atoms with van der Waals surface area (Å²) in [6.07, 6.45) is 0.112. The first-order chi connectivity index (χ1) is 6.88. The number of carboxylic acid groups (broad SMARTS) is 1. The number of carbonyl (C=O) groups is 2. The Hall–Kier alpha value is -1.62. The second-order valence-electron chi connectivity index (χ2n) is 3.03. The number of carbonyl (C=O) groups excluding carboxylic acids is 1. The van der Waals surface area contributed by atoms with Gasteiger partial charge in [0, 0.05) is 12.5 Å². The number of rotatable bonds is 5. The summed E-state index contributed by atoms with van der Waals surface area (Å²) in [5, 5.41) is 17.8. The van der Waals surface area contributed by atoms with Gasteiger partial charge in [0.1, 0.15) is 5.76 Å². The molecular weight excluding hydrogens is 200 g/mol. The number of hydrogen-bond donors (Lipinski definition) is 2. The van der Waals surface area contributed by atoms with E-state index in [2.05, 4.69) is 6.58 Å². The summed E-state index contributed by atoms with van der Waals surface area (Å²) in [5.41, 5.74) is -0.105. The Bertz CT molecular complexity index is 301. The van der Waals surface area contributed by atoms with Crippen molar-refractivity contribution >= 4 is 11.9 Å². The minimum Gasteiger partial charge on any atom is -0.478 e. The summed E-state index contributed by atoms with van der Waals surface area (Å²) in [5.74, 6) is -1.99. The van der Waals surface area contributed by atoms with Crippen molar-refractivity contribution in [2.45, 2.75) is 26.4 Å². The van der Waals surface area contributed by atoms with Crippen molar-refractivity contribution in [2.24, 2.45) is 0 Å². The second-order valence-corrected chi connectivity index (χ2v) is 3.03. The zero-order valence-corrected chi connectivity index (χ0v) is 8.69. The Kier molecular flexibility index (Phi) is 5.33. The maximum Gasteiger partial charge on any atom is 0.335 e. The maximum atomic E-state index is 10.9. The van der Waals surface area contributed by atoms with Crippen molar-refractivity contribution in [1.82, 2.24) is 0 Å². The van der Waals surface area contributed by atoms with E-state index >= 15 is 0 Å². The van der Waals surface area contributed by atoms with Gasteiger partial charge in [-0.1, -0.05) is 6.58 Å². The minimum absolute atomic E-state index is 0.0300. The average Bonchev–Trinajstić information content (AvgIpc) is 2.14. The van der Waals surface area contributed by atoms with Crippen LogP contribution in [-0.4, -0.2) is 28.3 Å². The quantitative estimate of drug-likeness (QED) is 0.402. The van der Waals surface area contributed by atoms with Crippen molar-refractivity contribution in [3.63, 3.8) is 0 Å². The molecule has 0 aliphatic carbocycles. The van der Waals surface area contributed by atoms with Crippen molar-refractivity contribution in [1.29, 1.82) is 0 Å². The zero-order chi connectivity index (χ0) is 12.0. The Balaban J connectivity index is 4.88. The number of ether oxygens (including phenoxy) is 1. The summed E-state index contributed by atoms with van der Waals surface area (Å²) >= 11 is 0. The van der Waals surface area contributed by atoms with Crippen LogP contribution < -0.4 is 0 Å². The third-order valence-corrected chi connectivity index (χ3v) is 1.61. The molecule has 5 heteroatoms. The van der Waals surface area contributed by atoms with Crippen LogP contribution in [0.1, 0.15) is 20.3 Å². The fourth-order valence-electron chi connectivity index (χ4n) is 0.822. The lowest BCUT2D eigenvalue weighted by molar-refractivity contribution is -0.135. The van der Waals surface area contributed by atoms with Gasteiger partial charge in [0.15, 0.2) is 0 Å². The highest BCUT2D eigenvalue weighted by molar-refractivity contribution is 5.88. The predicted molar refractivity (Wildman–Crippen MR) is 52.9 cm³/mol. The van der Waals surface area contributed by atoms with E-state index in [1.165, 1.54) is 13.8 Å². The van der Waals surface area contributed by atoms with E-state index in [1.54, 1.807) is 0 Å². The average molecular weight is 214 g/mol. The molecular formula is C10H14O5. The lowest BCUT2D eigenvalue weighted by Gasteiger charge is -2.10. The monoisotopic (exact) mass is 214 g/mol. The van der Waals surface area contributed by atoms with Gasteiger partial charge < -0.3 is 14.9 Å². The van der Waals surface area contributed by atoms with E-state index in [0.29, 0.717) is 0 Å². The standard InChI is InChI=1S/C10H14O5/c1-4-9(12)15-8(5-6(2)11)7(3)10(13)14/h4,6,11H,1,5H2,2-3H3,(H,13,14). The van der Waals surface area contributed by atoms with E-state index in [4.69, 9.17) is 14.9 Å². The molecule has 5 nitrogen and oxygen atoms in total. The van der Waals surface area contributed by atoms with Crippen molar-refractivity contribution in [3.05, 3.63) is 24.0 Å². The Morgan fingerprint density at radius 2 is 2.07 bits per heavy atom. The molecule has 84 valence electrons. The minimum atomic E-state index is -1.19. The Morgan fingerprint density at radius 1 is 1.53 bits per heavy atom. The molecule has 1 atom stereocenters. The smallest absolute Gasteiger partial charge is 0.335 e. The molecule has 0 fully saturated rings. The number of esters is 1. The molecule has 0 saturated heterocycles. The van der Waals surface area contributed by atoms with Crippen LogP contribution in [0, 0.1) is 0 Å². The Morgan fingerprint density at radius 3 is 2.40 bits per heavy atom. The lowest BCUT2D eigenvalue weighted by atomic mass is 10.1.